The Hall–Kier alpha value is -3.29. The van der Waals surface area contributed by atoms with Crippen LogP contribution in [0.3, 0.4) is 0 Å². The van der Waals surface area contributed by atoms with E-state index in [0.29, 0.717) is 22.7 Å². The van der Waals surface area contributed by atoms with Crippen molar-refractivity contribution >= 4 is 5.91 Å². The molecule has 0 saturated carbocycles. The molecule has 0 saturated heterocycles. The average molecular weight is 383 g/mol. The second kappa shape index (κ2) is 8.60. The highest BCUT2D eigenvalue weighted by atomic mass is 19.1. The van der Waals surface area contributed by atoms with Crippen LogP contribution in [0.15, 0.2) is 36.8 Å². The SMILES string of the molecule is CCCn1cnnc1CNC(=O)c1cc(F)cc(-c2cc(C)ncc2OC)c1. The van der Waals surface area contributed by atoms with Gasteiger partial charge in [0, 0.05) is 23.4 Å². The van der Waals surface area contributed by atoms with Crippen LogP contribution in [0.5, 0.6) is 5.75 Å². The molecule has 0 unspecified atom stereocenters. The van der Waals surface area contributed by atoms with Crippen LogP contribution >= 0.6 is 0 Å². The molecule has 146 valence electrons. The van der Waals surface area contributed by atoms with Gasteiger partial charge in [0.1, 0.15) is 17.9 Å². The van der Waals surface area contributed by atoms with Crippen molar-refractivity contribution in [3.63, 3.8) is 0 Å². The molecule has 2 heterocycles. The molecule has 3 rings (SSSR count). The van der Waals surface area contributed by atoms with Gasteiger partial charge in [-0.05, 0) is 43.2 Å². The number of amides is 1. The summed E-state index contributed by atoms with van der Waals surface area (Å²) in [6, 6.07) is 6.00. The highest BCUT2D eigenvalue weighted by molar-refractivity contribution is 5.95. The molecule has 0 radical (unpaired) electrons. The van der Waals surface area contributed by atoms with E-state index >= 15 is 0 Å². The summed E-state index contributed by atoms with van der Waals surface area (Å²) in [5.41, 5.74) is 2.20. The van der Waals surface area contributed by atoms with Crippen LogP contribution in [0, 0.1) is 12.7 Å². The quantitative estimate of drug-likeness (QED) is 0.678. The van der Waals surface area contributed by atoms with E-state index in [1.807, 2.05) is 18.4 Å². The number of methoxy groups -OCH3 is 1. The van der Waals surface area contributed by atoms with Gasteiger partial charge in [-0.2, -0.15) is 0 Å². The van der Waals surface area contributed by atoms with E-state index in [1.54, 1.807) is 24.7 Å². The summed E-state index contributed by atoms with van der Waals surface area (Å²) in [5.74, 6) is 0.262. The molecule has 7 nitrogen and oxygen atoms in total. The highest BCUT2D eigenvalue weighted by Gasteiger charge is 2.14. The van der Waals surface area contributed by atoms with Crippen LogP contribution in [0.1, 0.15) is 35.2 Å². The third-order valence-corrected chi connectivity index (χ3v) is 4.26. The predicted octanol–water partition coefficient (Wildman–Crippen LogP) is 3.14. The zero-order valence-corrected chi connectivity index (χ0v) is 16.1. The van der Waals surface area contributed by atoms with Crippen LogP contribution in [0.4, 0.5) is 4.39 Å². The number of carbonyl (C=O) groups is 1. The molecule has 0 aliphatic carbocycles. The van der Waals surface area contributed by atoms with E-state index in [4.69, 9.17) is 4.74 Å². The predicted molar refractivity (Wildman–Crippen MR) is 102 cm³/mol. The molecule has 28 heavy (non-hydrogen) atoms. The van der Waals surface area contributed by atoms with Gasteiger partial charge >= 0.3 is 0 Å². The van der Waals surface area contributed by atoms with E-state index < -0.39 is 11.7 Å². The van der Waals surface area contributed by atoms with Crippen LogP contribution in [-0.4, -0.2) is 32.8 Å². The molecule has 2 aromatic heterocycles. The van der Waals surface area contributed by atoms with Gasteiger partial charge in [0.05, 0.1) is 19.9 Å². The fourth-order valence-electron chi connectivity index (χ4n) is 2.92. The average Bonchev–Trinajstić information content (AvgIpc) is 3.13. The maximum Gasteiger partial charge on any atom is 0.251 e. The number of nitrogens with one attached hydrogen (secondary N) is 1. The number of aryl methyl sites for hydroxylation is 2. The Labute approximate surface area is 162 Å². The van der Waals surface area contributed by atoms with Crippen molar-refractivity contribution in [2.75, 3.05) is 7.11 Å². The topological polar surface area (TPSA) is 81.9 Å². The monoisotopic (exact) mass is 383 g/mol. The standard InChI is InChI=1S/C20H22FN5O2/c1-4-5-26-12-24-25-19(26)11-23-20(27)15-7-14(8-16(21)9-15)17-6-13(2)22-10-18(17)28-3/h6-10,12H,4-5,11H2,1-3H3,(H,23,27). The third kappa shape index (κ3) is 4.33. The highest BCUT2D eigenvalue weighted by Crippen LogP contribution is 2.31. The summed E-state index contributed by atoms with van der Waals surface area (Å²) in [4.78, 5) is 16.8. The molecule has 1 amide bonds. The van der Waals surface area contributed by atoms with E-state index in [2.05, 4.69) is 20.5 Å². The maximum absolute atomic E-state index is 14.2. The Morgan fingerprint density at radius 1 is 1.29 bits per heavy atom. The van der Waals surface area contributed by atoms with E-state index in [9.17, 15) is 9.18 Å². The number of pyridine rings is 1. The lowest BCUT2D eigenvalue weighted by atomic mass is 10.0. The van der Waals surface area contributed by atoms with Crippen molar-refractivity contribution in [3.8, 4) is 16.9 Å². The number of halogens is 1. The molecule has 0 bridgehead atoms. The van der Waals surface area contributed by atoms with Crippen molar-refractivity contribution in [1.82, 2.24) is 25.1 Å². The Bertz CT molecular complexity index is 986. The molecule has 1 aromatic carbocycles. The molecule has 8 heteroatoms. The number of rotatable bonds is 7. The van der Waals surface area contributed by atoms with E-state index in [-0.39, 0.29) is 12.1 Å². The maximum atomic E-state index is 14.2. The first-order chi connectivity index (χ1) is 13.5. The van der Waals surface area contributed by atoms with Crippen molar-refractivity contribution < 1.29 is 13.9 Å². The summed E-state index contributed by atoms with van der Waals surface area (Å²) in [5, 5.41) is 10.7. The zero-order chi connectivity index (χ0) is 20.1. The summed E-state index contributed by atoms with van der Waals surface area (Å²) >= 11 is 0. The second-order valence-corrected chi connectivity index (χ2v) is 6.38. The first-order valence-corrected chi connectivity index (χ1v) is 8.98. The Morgan fingerprint density at radius 2 is 2.11 bits per heavy atom. The summed E-state index contributed by atoms with van der Waals surface area (Å²) in [6.45, 7) is 4.86. The van der Waals surface area contributed by atoms with Crippen LogP contribution < -0.4 is 10.1 Å². The minimum Gasteiger partial charge on any atom is -0.494 e. The Kier molecular flexibility index (Phi) is 5.98. The van der Waals surface area contributed by atoms with Gasteiger partial charge in [-0.15, -0.1) is 10.2 Å². The van der Waals surface area contributed by atoms with Gasteiger partial charge < -0.3 is 14.6 Å². The van der Waals surface area contributed by atoms with Gasteiger partial charge in [0.15, 0.2) is 5.82 Å². The Balaban J connectivity index is 1.84. The van der Waals surface area contributed by atoms with Gasteiger partial charge in [-0.1, -0.05) is 6.92 Å². The summed E-state index contributed by atoms with van der Waals surface area (Å²) in [6.07, 6.45) is 4.14. The number of carbonyl (C=O) groups excluding carboxylic acids is 1. The Morgan fingerprint density at radius 3 is 2.86 bits per heavy atom. The number of hydrogen-bond donors (Lipinski definition) is 1. The fraction of sp³-hybridized carbons (Fsp3) is 0.300. The summed E-state index contributed by atoms with van der Waals surface area (Å²) in [7, 11) is 1.52. The van der Waals surface area contributed by atoms with Crippen LogP contribution in [0.25, 0.3) is 11.1 Å². The van der Waals surface area contributed by atoms with Gasteiger partial charge in [-0.3, -0.25) is 9.78 Å². The van der Waals surface area contributed by atoms with Crippen LogP contribution in [0.2, 0.25) is 0 Å². The molecular weight excluding hydrogens is 361 g/mol. The number of nitrogens with zero attached hydrogens (tertiary/aromatic N) is 4. The molecule has 1 N–H and O–H groups in total. The second-order valence-electron chi connectivity index (χ2n) is 6.38. The minimum absolute atomic E-state index is 0.211. The molecule has 0 fully saturated rings. The van der Waals surface area contributed by atoms with Gasteiger partial charge in [0.2, 0.25) is 0 Å². The molecular formula is C20H22FN5O2. The summed E-state index contributed by atoms with van der Waals surface area (Å²) < 4.78 is 21.4. The largest absolute Gasteiger partial charge is 0.494 e. The van der Waals surface area contributed by atoms with Crippen molar-refractivity contribution in [2.45, 2.75) is 33.4 Å². The fourth-order valence-corrected chi connectivity index (χ4v) is 2.92. The van der Waals surface area contributed by atoms with Crippen molar-refractivity contribution in [3.05, 3.63) is 59.7 Å². The number of benzene rings is 1. The lowest BCUT2D eigenvalue weighted by Gasteiger charge is -2.11. The number of aromatic nitrogens is 4. The number of ether oxygens (including phenoxy) is 1. The third-order valence-electron chi connectivity index (χ3n) is 4.26. The molecule has 0 aliphatic rings. The minimum atomic E-state index is -0.506. The first kappa shape index (κ1) is 19.5. The zero-order valence-electron chi connectivity index (χ0n) is 16.1. The first-order valence-electron chi connectivity index (χ1n) is 8.98. The van der Waals surface area contributed by atoms with Gasteiger partial charge in [-0.25, -0.2) is 4.39 Å². The lowest BCUT2D eigenvalue weighted by molar-refractivity contribution is 0.0949. The molecule has 0 spiro atoms. The van der Waals surface area contributed by atoms with E-state index in [0.717, 1.165) is 18.7 Å². The van der Waals surface area contributed by atoms with Crippen molar-refractivity contribution in [2.24, 2.45) is 0 Å². The van der Waals surface area contributed by atoms with Gasteiger partial charge in [0.25, 0.3) is 5.91 Å². The van der Waals surface area contributed by atoms with E-state index in [1.165, 1.54) is 19.2 Å². The number of hydrogen-bond acceptors (Lipinski definition) is 5. The normalized spacial score (nSPS) is 10.7. The molecule has 0 atom stereocenters. The van der Waals surface area contributed by atoms with Crippen LogP contribution in [-0.2, 0) is 13.1 Å². The lowest BCUT2D eigenvalue weighted by Crippen LogP contribution is -2.25. The smallest absolute Gasteiger partial charge is 0.251 e. The van der Waals surface area contributed by atoms with Crippen molar-refractivity contribution in [1.29, 1.82) is 0 Å². The molecule has 3 aromatic rings. The molecule has 0 aliphatic heterocycles.